The van der Waals surface area contributed by atoms with Gasteiger partial charge in [0.05, 0.1) is 20.3 Å². The number of amides is 4. The molecule has 1 fully saturated rings. The van der Waals surface area contributed by atoms with Crippen LogP contribution in [0.4, 0.5) is 4.79 Å². The zero-order chi connectivity index (χ0) is 20.7. The van der Waals surface area contributed by atoms with Gasteiger partial charge in [-0.2, -0.15) is 0 Å². The van der Waals surface area contributed by atoms with Gasteiger partial charge in [-0.05, 0) is 32.0 Å². The van der Waals surface area contributed by atoms with Crippen LogP contribution in [-0.2, 0) is 4.79 Å². The minimum absolute atomic E-state index is 0.0972. The largest absolute Gasteiger partial charge is 0.493 e. The summed E-state index contributed by atoms with van der Waals surface area (Å²) in [4.78, 5) is 40.1. The second kappa shape index (κ2) is 9.93. The number of imide groups is 1. The number of nitrogens with zero attached hydrogens (tertiary/aromatic N) is 2. The molecule has 1 saturated heterocycles. The van der Waals surface area contributed by atoms with E-state index in [1.165, 1.54) is 7.11 Å². The van der Waals surface area contributed by atoms with E-state index in [0.717, 1.165) is 0 Å². The molecule has 9 nitrogen and oxygen atoms in total. The number of urea groups is 1. The molecule has 0 radical (unpaired) electrons. The van der Waals surface area contributed by atoms with E-state index in [4.69, 9.17) is 9.47 Å². The van der Waals surface area contributed by atoms with Crippen LogP contribution in [0.1, 0.15) is 24.2 Å². The second-order valence-corrected chi connectivity index (χ2v) is 6.42. The molecule has 1 aliphatic rings. The first-order valence-corrected chi connectivity index (χ1v) is 9.25. The van der Waals surface area contributed by atoms with Gasteiger partial charge in [-0.3, -0.25) is 19.8 Å². The van der Waals surface area contributed by atoms with E-state index in [2.05, 4.69) is 10.6 Å². The standard InChI is InChI=1S/C19H28N4O5/c1-5-20-19(26)21-17(24)13(2)22-8-10-23(11-9-22)18(25)14-6-7-15(27-3)16(12-14)28-4/h6-7,12-13H,5,8-11H2,1-4H3,(H2,20,21,24,26). The van der Waals surface area contributed by atoms with Crippen molar-refractivity contribution in [1.29, 1.82) is 0 Å². The Morgan fingerprint density at radius 1 is 1.07 bits per heavy atom. The smallest absolute Gasteiger partial charge is 0.321 e. The Kier molecular flexibility index (Phi) is 7.62. The Bertz CT molecular complexity index is 716. The van der Waals surface area contributed by atoms with Crippen molar-refractivity contribution in [3.05, 3.63) is 23.8 Å². The Morgan fingerprint density at radius 2 is 1.71 bits per heavy atom. The van der Waals surface area contributed by atoms with Crippen molar-refractivity contribution in [2.45, 2.75) is 19.9 Å². The lowest BCUT2D eigenvalue weighted by atomic mass is 10.1. The molecule has 1 unspecified atom stereocenters. The van der Waals surface area contributed by atoms with Crippen LogP contribution in [0.3, 0.4) is 0 Å². The van der Waals surface area contributed by atoms with Crippen LogP contribution < -0.4 is 20.1 Å². The van der Waals surface area contributed by atoms with Crippen molar-refractivity contribution >= 4 is 17.8 Å². The first-order valence-electron chi connectivity index (χ1n) is 9.25. The highest BCUT2D eigenvalue weighted by molar-refractivity contribution is 5.97. The normalized spacial score (nSPS) is 15.5. The molecule has 28 heavy (non-hydrogen) atoms. The maximum atomic E-state index is 12.8. The van der Waals surface area contributed by atoms with Crippen LogP contribution in [0.2, 0.25) is 0 Å². The number of methoxy groups -OCH3 is 2. The maximum absolute atomic E-state index is 12.8. The van der Waals surface area contributed by atoms with Gasteiger partial charge in [0.15, 0.2) is 11.5 Å². The van der Waals surface area contributed by atoms with Gasteiger partial charge in [0, 0.05) is 38.3 Å². The van der Waals surface area contributed by atoms with Crippen LogP contribution >= 0.6 is 0 Å². The number of hydrogen-bond donors (Lipinski definition) is 2. The van der Waals surface area contributed by atoms with Crippen molar-refractivity contribution in [2.24, 2.45) is 0 Å². The van der Waals surface area contributed by atoms with E-state index >= 15 is 0 Å². The zero-order valence-corrected chi connectivity index (χ0v) is 16.8. The molecule has 0 spiro atoms. The molecule has 1 aliphatic heterocycles. The minimum Gasteiger partial charge on any atom is -0.493 e. The Hall–Kier alpha value is -2.81. The van der Waals surface area contributed by atoms with Gasteiger partial charge >= 0.3 is 6.03 Å². The Balaban J connectivity index is 1.93. The molecule has 2 rings (SSSR count). The Labute approximate surface area is 165 Å². The maximum Gasteiger partial charge on any atom is 0.321 e. The van der Waals surface area contributed by atoms with E-state index in [-0.39, 0.29) is 11.8 Å². The third-order valence-corrected chi connectivity index (χ3v) is 4.73. The van der Waals surface area contributed by atoms with Gasteiger partial charge in [-0.15, -0.1) is 0 Å². The molecular formula is C19H28N4O5. The quantitative estimate of drug-likeness (QED) is 0.739. The van der Waals surface area contributed by atoms with Crippen LogP contribution in [-0.4, -0.2) is 80.6 Å². The summed E-state index contributed by atoms with van der Waals surface area (Å²) in [5.74, 6) is 0.615. The minimum atomic E-state index is -0.499. The lowest BCUT2D eigenvalue weighted by molar-refractivity contribution is -0.125. The fraction of sp³-hybridized carbons (Fsp3) is 0.526. The third kappa shape index (κ3) is 5.13. The van der Waals surface area contributed by atoms with Crippen molar-refractivity contribution in [3.63, 3.8) is 0 Å². The van der Waals surface area contributed by atoms with Gasteiger partial charge in [0.1, 0.15) is 0 Å². The number of carbonyl (C=O) groups excluding carboxylic acids is 3. The predicted octanol–water partition coefficient (Wildman–Crippen LogP) is 0.696. The lowest BCUT2D eigenvalue weighted by Crippen LogP contribution is -2.56. The number of rotatable bonds is 6. The highest BCUT2D eigenvalue weighted by atomic mass is 16.5. The molecule has 1 aromatic carbocycles. The summed E-state index contributed by atoms with van der Waals surface area (Å²) in [6.45, 7) is 6.05. The summed E-state index contributed by atoms with van der Waals surface area (Å²) in [6.07, 6.45) is 0. The fourth-order valence-corrected chi connectivity index (χ4v) is 3.05. The van der Waals surface area contributed by atoms with Crippen LogP contribution in [0.15, 0.2) is 18.2 Å². The molecular weight excluding hydrogens is 364 g/mol. The molecule has 0 saturated carbocycles. The van der Waals surface area contributed by atoms with Crippen molar-refractivity contribution in [2.75, 3.05) is 46.9 Å². The van der Waals surface area contributed by atoms with Gasteiger partial charge in [0.25, 0.3) is 5.91 Å². The highest BCUT2D eigenvalue weighted by Crippen LogP contribution is 2.28. The monoisotopic (exact) mass is 392 g/mol. The zero-order valence-electron chi connectivity index (χ0n) is 16.8. The summed E-state index contributed by atoms with van der Waals surface area (Å²) in [5.41, 5.74) is 0.521. The fourth-order valence-electron chi connectivity index (χ4n) is 3.05. The molecule has 1 heterocycles. The Morgan fingerprint density at radius 3 is 2.29 bits per heavy atom. The van der Waals surface area contributed by atoms with Gasteiger partial charge in [-0.1, -0.05) is 0 Å². The summed E-state index contributed by atoms with van der Waals surface area (Å²) in [7, 11) is 3.07. The summed E-state index contributed by atoms with van der Waals surface area (Å²) < 4.78 is 10.5. The average Bonchev–Trinajstić information content (AvgIpc) is 2.72. The third-order valence-electron chi connectivity index (χ3n) is 4.73. The molecule has 0 aromatic heterocycles. The molecule has 0 bridgehead atoms. The van der Waals surface area contributed by atoms with E-state index in [1.54, 1.807) is 44.1 Å². The first kappa shape index (κ1) is 21.5. The van der Waals surface area contributed by atoms with Crippen LogP contribution in [0, 0.1) is 0 Å². The molecule has 2 N–H and O–H groups in total. The van der Waals surface area contributed by atoms with Crippen molar-refractivity contribution in [3.8, 4) is 11.5 Å². The van der Waals surface area contributed by atoms with E-state index in [0.29, 0.717) is 49.8 Å². The number of ether oxygens (including phenoxy) is 2. The van der Waals surface area contributed by atoms with Gasteiger partial charge < -0.3 is 19.7 Å². The average molecular weight is 392 g/mol. The molecule has 154 valence electrons. The highest BCUT2D eigenvalue weighted by Gasteiger charge is 2.28. The van der Waals surface area contributed by atoms with E-state index in [9.17, 15) is 14.4 Å². The molecule has 0 aliphatic carbocycles. The molecule has 9 heteroatoms. The lowest BCUT2D eigenvalue weighted by Gasteiger charge is -2.37. The number of carbonyl (C=O) groups is 3. The first-order chi connectivity index (χ1) is 13.4. The van der Waals surface area contributed by atoms with Gasteiger partial charge in [-0.25, -0.2) is 4.79 Å². The van der Waals surface area contributed by atoms with Crippen molar-refractivity contribution < 1.29 is 23.9 Å². The number of benzene rings is 1. The van der Waals surface area contributed by atoms with Crippen LogP contribution in [0.25, 0.3) is 0 Å². The number of nitrogens with one attached hydrogen (secondary N) is 2. The number of piperazine rings is 1. The topological polar surface area (TPSA) is 100 Å². The summed E-state index contributed by atoms with van der Waals surface area (Å²) >= 11 is 0. The SMILES string of the molecule is CCNC(=O)NC(=O)C(C)N1CCN(C(=O)c2ccc(OC)c(OC)c2)CC1. The summed E-state index contributed by atoms with van der Waals surface area (Å²) in [6, 6.07) is 4.12. The summed E-state index contributed by atoms with van der Waals surface area (Å²) in [5, 5.41) is 4.85. The predicted molar refractivity (Wildman–Crippen MR) is 104 cm³/mol. The number of hydrogen-bond acceptors (Lipinski definition) is 6. The van der Waals surface area contributed by atoms with Gasteiger partial charge in [0.2, 0.25) is 5.91 Å². The second-order valence-electron chi connectivity index (χ2n) is 6.42. The van der Waals surface area contributed by atoms with Crippen molar-refractivity contribution in [1.82, 2.24) is 20.4 Å². The molecule has 1 aromatic rings. The molecule has 1 atom stereocenters. The van der Waals surface area contributed by atoms with E-state index < -0.39 is 12.1 Å². The van der Waals surface area contributed by atoms with Crippen LogP contribution in [0.5, 0.6) is 11.5 Å². The molecule has 4 amide bonds. The van der Waals surface area contributed by atoms with E-state index in [1.807, 2.05) is 4.90 Å².